The van der Waals surface area contributed by atoms with Crippen LogP contribution in [-0.4, -0.2) is 21.1 Å². The zero-order chi connectivity index (χ0) is 17.1. The molecule has 6 heteroatoms. The molecule has 122 valence electrons. The lowest BCUT2D eigenvalue weighted by molar-refractivity contribution is -0.115. The number of aryl methyl sites for hydroxylation is 1. The van der Waals surface area contributed by atoms with E-state index in [1.807, 2.05) is 42.5 Å². The van der Waals surface area contributed by atoms with Gasteiger partial charge in [0.1, 0.15) is 0 Å². The Bertz CT molecular complexity index is 947. The maximum Gasteiger partial charge on any atom is 0.251 e. The molecule has 3 rings (SSSR count). The highest BCUT2D eigenvalue weighted by Gasteiger charge is 2.17. The highest BCUT2D eigenvalue weighted by atomic mass is 32.2. The number of nitrogens with zero attached hydrogens (tertiary/aromatic N) is 1. The number of aromatic amines is 1. The number of amides is 1. The summed E-state index contributed by atoms with van der Waals surface area (Å²) in [6.45, 7) is 3.54. The van der Waals surface area contributed by atoms with Gasteiger partial charge in [0.25, 0.3) is 5.56 Å². The van der Waals surface area contributed by atoms with Gasteiger partial charge in [0.05, 0.1) is 5.25 Å². The molecule has 0 fully saturated rings. The molecule has 2 aromatic carbocycles. The first-order valence-corrected chi connectivity index (χ1v) is 8.44. The smallest absolute Gasteiger partial charge is 0.251 e. The van der Waals surface area contributed by atoms with Crippen LogP contribution in [0.3, 0.4) is 0 Å². The highest BCUT2D eigenvalue weighted by molar-refractivity contribution is 8.00. The van der Waals surface area contributed by atoms with Crippen molar-refractivity contribution in [2.45, 2.75) is 24.3 Å². The van der Waals surface area contributed by atoms with Crippen LogP contribution in [-0.2, 0) is 4.79 Å². The fraction of sp³-hybridized carbons (Fsp3) is 0.167. The van der Waals surface area contributed by atoms with Crippen LogP contribution < -0.4 is 10.9 Å². The standard InChI is InChI=1S/C18H17N3O2S/c1-11-10-16(22)21-18(19-11)24-12(2)17(23)20-15-9-5-7-13-6-3-4-8-14(13)15/h3-10,12H,1-2H3,(H,20,23)(H,19,21,22)/t12-/m1/s1. The van der Waals surface area contributed by atoms with E-state index in [2.05, 4.69) is 15.3 Å². The normalized spacial score (nSPS) is 12.1. The van der Waals surface area contributed by atoms with Crippen molar-refractivity contribution >= 4 is 34.1 Å². The molecule has 0 saturated carbocycles. The number of fused-ring (bicyclic) bond motifs is 1. The summed E-state index contributed by atoms with van der Waals surface area (Å²) in [5.41, 5.74) is 1.19. The first-order chi connectivity index (χ1) is 11.5. The number of benzene rings is 2. The molecule has 2 N–H and O–H groups in total. The summed E-state index contributed by atoms with van der Waals surface area (Å²) >= 11 is 1.23. The van der Waals surface area contributed by atoms with E-state index in [0.717, 1.165) is 16.5 Å². The fourth-order valence-electron chi connectivity index (χ4n) is 2.40. The third-order valence-electron chi connectivity index (χ3n) is 3.55. The average Bonchev–Trinajstić information content (AvgIpc) is 2.54. The lowest BCUT2D eigenvalue weighted by Crippen LogP contribution is -2.23. The SMILES string of the molecule is Cc1cc(=O)[nH]c(S[C@H](C)C(=O)Nc2cccc3ccccc23)n1. The monoisotopic (exact) mass is 339 g/mol. The third kappa shape index (κ3) is 3.65. The molecule has 0 bridgehead atoms. The second-order valence-electron chi connectivity index (χ2n) is 5.47. The maximum atomic E-state index is 12.5. The van der Waals surface area contributed by atoms with E-state index in [4.69, 9.17) is 0 Å². The van der Waals surface area contributed by atoms with E-state index < -0.39 is 5.25 Å². The topological polar surface area (TPSA) is 74.8 Å². The van der Waals surface area contributed by atoms with Crippen LogP contribution in [0.2, 0.25) is 0 Å². The molecule has 1 aromatic heterocycles. The zero-order valence-electron chi connectivity index (χ0n) is 13.4. The molecule has 0 aliphatic heterocycles. The van der Waals surface area contributed by atoms with Crippen LogP contribution in [0.15, 0.2) is 58.5 Å². The molecule has 3 aromatic rings. The van der Waals surface area contributed by atoms with Gasteiger partial charge >= 0.3 is 0 Å². The predicted octanol–water partition coefficient (Wildman–Crippen LogP) is 3.35. The molecule has 0 saturated heterocycles. The van der Waals surface area contributed by atoms with Crippen molar-refractivity contribution in [2.75, 3.05) is 5.32 Å². The van der Waals surface area contributed by atoms with E-state index in [9.17, 15) is 9.59 Å². The summed E-state index contributed by atoms with van der Waals surface area (Å²) in [4.78, 5) is 30.9. The zero-order valence-corrected chi connectivity index (χ0v) is 14.2. The highest BCUT2D eigenvalue weighted by Crippen LogP contribution is 2.25. The maximum absolute atomic E-state index is 12.5. The van der Waals surface area contributed by atoms with Crippen molar-refractivity contribution in [2.24, 2.45) is 0 Å². The second kappa shape index (κ2) is 6.88. The van der Waals surface area contributed by atoms with Crippen LogP contribution >= 0.6 is 11.8 Å². The summed E-state index contributed by atoms with van der Waals surface area (Å²) < 4.78 is 0. The molecule has 1 heterocycles. The third-order valence-corrected chi connectivity index (χ3v) is 4.54. The van der Waals surface area contributed by atoms with Gasteiger partial charge in [-0.1, -0.05) is 48.2 Å². The van der Waals surface area contributed by atoms with E-state index in [0.29, 0.717) is 10.9 Å². The summed E-state index contributed by atoms with van der Waals surface area (Å²) in [5, 5.41) is 5.07. The summed E-state index contributed by atoms with van der Waals surface area (Å²) in [7, 11) is 0. The largest absolute Gasteiger partial charge is 0.325 e. The van der Waals surface area contributed by atoms with Crippen molar-refractivity contribution in [1.29, 1.82) is 0 Å². The molecule has 5 nitrogen and oxygen atoms in total. The number of H-pyrrole nitrogens is 1. The molecular formula is C18H17N3O2S. The average molecular weight is 339 g/mol. The van der Waals surface area contributed by atoms with Gasteiger partial charge in [-0.2, -0.15) is 0 Å². The quantitative estimate of drug-likeness (QED) is 0.565. The molecule has 0 spiro atoms. The number of aromatic nitrogens is 2. The Hall–Kier alpha value is -2.60. The number of nitrogens with one attached hydrogen (secondary N) is 2. The number of carbonyl (C=O) groups is 1. The number of anilines is 1. The minimum atomic E-state index is -0.395. The minimum absolute atomic E-state index is 0.138. The van der Waals surface area contributed by atoms with Crippen LogP contribution in [0.25, 0.3) is 10.8 Å². The Balaban J connectivity index is 1.77. The van der Waals surface area contributed by atoms with Crippen molar-refractivity contribution in [3.05, 3.63) is 64.6 Å². The van der Waals surface area contributed by atoms with E-state index in [1.54, 1.807) is 13.8 Å². The van der Waals surface area contributed by atoms with Crippen molar-refractivity contribution < 1.29 is 4.79 Å². The Morgan fingerprint density at radius 2 is 1.96 bits per heavy atom. The predicted molar refractivity (Wildman–Crippen MR) is 97.5 cm³/mol. The van der Waals surface area contributed by atoms with Crippen molar-refractivity contribution in [3.63, 3.8) is 0 Å². The van der Waals surface area contributed by atoms with Crippen LogP contribution in [0, 0.1) is 6.92 Å². The number of thioether (sulfide) groups is 1. The molecule has 1 atom stereocenters. The number of hydrogen-bond donors (Lipinski definition) is 2. The number of carbonyl (C=O) groups excluding carboxylic acids is 1. The minimum Gasteiger partial charge on any atom is -0.325 e. The van der Waals surface area contributed by atoms with Gasteiger partial charge in [-0.25, -0.2) is 4.98 Å². The molecule has 0 radical (unpaired) electrons. The lowest BCUT2D eigenvalue weighted by Gasteiger charge is -2.13. The summed E-state index contributed by atoms with van der Waals surface area (Å²) in [6.07, 6.45) is 0. The van der Waals surface area contributed by atoms with Crippen molar-refractivity contribution in [3.8, 4) is 0 Å². The lowest BCUT2D eigenvalue weighted by atomic mass is 10.1. The van der Waals surface area contributed by atoms with E-state index in [1.165, 1.54) is 17.8 Å². The van der Waals surface area contributed by atoms with Gasteiger partial charge in [-0.15, -0.1) is 0 Å². The summed E-state index contributed by atoms with van der Waals surface area (Å²) in [5.74, 6) is -0.138. The molecule has 0 unspecified atom stereocenters. The number of hydrogen-bond acceptors (Lipinski definition) is 4. The molecule has 24 heavy (non-hydrogen) atoms. The van der Waals surface area contributed by atoms with Gasteiger partial charge in [-0.3, -0.25) is 9.59 Å². The van der Waals surface area contributed by atoms with Crippen molar-refractivity contribution in [1.82, 2.24) is 9.97 Å². The van der Waals surface area contributed by atoms with Gasteiger partial charge < -0.3 is 10.3 Å². The van der Waals surface area contributed by atoms with Gasteiger partial charge in [-0.05, 0) is 25.3 Å². The second-order valence-corrected chi connectivity index (χ2v) is 6.80. The van der Waals surface area contributed by atoms with Crippen LogP contribution in [0.5, 0.6) is 0 Å². The van der Waals surface area contributed by atoms with Gasteiger partial charge in [0, 0.05) is 22.8 Å². The van der Waals surface area contributed by atoms with Crippen LogP contribution in [0.4, 0.5) is 5.69 Å². The Morgan fingerprint density at radius 3 is 2.75 bits per heavy atom. The van der Waals surface area contributed by atoms with Gasteiger partial charge in [0.15, 0.2) is 5.16 Å². The van der Waals surface area contributed by atoms with Crippen LogP contribution in [0.1, 0.15) is 12.6 Å². The Labute approximate surface area is 143 Å². The summed E-state index contributed by atoms with van der Waals surface area (Å²) in [6, 6.07) is 15.1. The van der Waals surface area contributed by atoms with E-state index >= 15 is 0 Å². The Kier molecular flexibility index (Phi) is 4.66. The fourth-order valence-corrected chi connectivity index (χ4v) is 3.25. The molecular weight excluding hydrogens is 322 g/mol. The van der Waals surface area contributed by atoms with E-state index in [-0.39, 0.29) is 11.5 Å². The molecule has 0 aliphatic rings. The Morgan fingerprint density at radius 1 is 1.21 bits per heavy atom. The van der Waals surface area contributed by atoms with Gasteiger partial charge in [0.2, 0.25) is 5.91 Å². The number of rotatable bonds is 4. The molecule has 0 aliphatic carbocycles. The molecule has 1 amide bonds. The first-order valence-electron chi connectivity index (χ1n) is 7.56. The first kappa shape index (κ1) is 16.3.